The van der Waals surface area contributed by atoms with Gasteiger partial charge in [-0.05, 0) is 18.8 Å². The zero-order valence-corrected chi connectivity index (χ0v) is 10.5. The van der Waals surface area contributed by atoms with Gasteiger partial charge in [0.05, 0.1) is 6.04 Å². The van der Waals surface area contributed by atoms with Crippen molar-refractivity contribution in [1.82, 2.24) is 10.2 Å². The smallest absolute Gasteiger partial charge is 0.239 e. The minimum Gasteiger partial charge on any atom is -0.341 e. The summed E-state index contributed by atoms with van der Waals surface area (Å²) in [6.45, 7) is 11.3. The van der Waals surface area contributed by atoms with Crippen LogP contribution in [0.25, 0.3) is 0 Å². The summed E-state index contributed by atoms with van der Waals surface area (Å²) in [6.07, 6.45) is 2.25. The Morgan fingerprint density at radius 3 is 2.80 bits per heavy atom. The van der Waals surface area contributed by atoms with Crippen LogP contribution in [0.15, 0.2) is 0 Å². The first kappa shape index (κ1) is 12.5. The molecule has 1 saturated heterocycles. The van der Waals surface area contributed by atoms with Gasteiger partial charge in [0.1, 0.15) is 0 Å². The summed E-state index contributed by atoms with van der Waals surface area (Å²) in [7, 11) is 0. The molecule has 3 nitrogen and oxygen atoms in total. The molecular formula is C12H24N2O. The molecule has 0 aromatic rings. The van der Waals surface area contributed by atoms with Gasteiger partial charge >= 0.3 is 0 Å². The van der Waals surface area contributed by atoms with E-state index < -0.39 is 0 Å². The summed E-state index contributed by atoms with van der Waals surface area (Å²) >= 11 is 0. The average Bonchev–Trinajstić information content (AvgIpc) is 2.27. The van der Waals surface area contributed by atoms with Crippen LogP contribution < -0.4 is 5.32 Å². The molecule has 1 heterocycles. The van der Waals surface area contributed by atoms with Crippen LogP contribution in [0, 0.1) is 5.41 Å². The summed E-state index contributed by atoms with van der Waals surface area (Å²) < 4.78 is 0. The molecule has 1 N–H and O–H groups in total. The van der Waals surface area contributed by atoms with Gasteiger partial charge in [0.15, 0.2) is 0 Å². The van der Waals surface area contributed by atoms with Crippen LogP contribution in [-0.4, -0.2) is 36.5 Å². The van der Waals surface area contributed by atoms with Gasteiger partial charge in [-0.3, -0.25) is 4.79 Å². The second kappa shape index (κ2) is 4.97. The third kappa shape index (κ3) is 3.49. The van der Waals surface area contributed by atoms with Crippen LogP contribution in [0.4, 0.5) is 0 Å². The van der Waals surface area contributed by atoms with E-state index in [9.17, 15) is 4.79 Å². The fourth-order valence-corrected chi connectivity index (χ4v) is 1.98. The number of carbonyl (C=O) groups is 1. The van der Waals surface area contributed by atoms with Gasteiger partial charge in [-0.25, -0.2) is 0 Å². The highest BCUT2D eigenvalue weighted by Gasteiger charge is 2.31. The molecule has 3 heteroatoms. The van der Waals surface area contributed by atoms with Gasteiger partial charge < -0.3 is 10.2 Å². The average molecular weight is 212 g/mol. The van der Waals surface area contributed by atoms with E-state index in [1.807, 2.05) is 11.8 Å². The largest absolute Gasteiger partial charge is 0.341 e. The first-order valence-corrected chi connectivity index (χ1v) is 5.98. The SMILES string of the molecule is CCCCN1CC(C)(C)CNC(C)C1=O. The van der Waals surface area contributed by atoms with E-state index in [1.54, 1.807) is 0 Å². The van der Waals surface area contributed by atoms with Crippen molar-refractivity contribution >= 4 is 5.91 Å². The van der Waals surface area contributed by atoms with Gasteiger partial charge in [0, 0.05) is 19.6 Å². The second-order valence-corrected chi connectivity index (χ2v) is 5.38. The first-order chi connectivity index (χ1) is 6.96. The summed E-state index contributed by atoms with van der Waals surface area (Å²) in [4.78, 5) is 14.0. The lowest BCUT2D eigenvalue weighted by Crippen LogP contribution is -2.42. The van der Waals surface area contributed by atoms with Crippen molar-refractivity contribution < 1.29 is 4.79 Å². The number of rotatable bonds is 3. The summed E-state index contributed by atoms with van der Waals surface area (Å²) in [5, 5.41) is 3.30. The van der Waals surface area contributed by atoms with E-state index in [0.29, 0.717) is 0 Å². The Morgan fingerprint density at radius 1 is 1.53 bits per heavy atom. The Hall–Kier alpha value is -0.570. The molecule has 1 unspecified atom stereocenters. The minimum absolute atomic E-state index is 0.0244. The molecule has 1 fully saturated rings. The lowest BCUT2D eigenvalue weighted by molar-refractivity contribution is -0.132. The highest BCUT2D eigenvalue weighted by molar-refractivity contribution is 5.81. The Labute approximate surface area is 93.2 Å². The number of carbonyl (C=O) groups excluding carboxylic acids is 1. The molecule has 0 aromatic heterocycles. The molecule has 1 aliphatic heterocycles. The van der Waals surface area contributed by atoms with Crippen LogP contribution in [0.3, 0.4) is 0 Å². The summed E-state index contributed by atoms with van der Waals surface area (Å²) in [5.74, 6) is 0.258. The van der Waals surface area contributed by atoms with Crippen molar-refractivity contribution in [2.75, 3.05) is 19.6 Å². The van der Waals surface area contributed by atoms with Crippen LogP contribution in [0.5, 0.6) is 0 Å². The van der Waals surface area contributed by atoms with Gasteiger partial charge in [-0.1, -0.05) is 27.2 Å². The van der Waals surface area contributed by atoms with Gasteiger partial charge in [0.2, 0.25) is 5.91 Å². The highest BCUT2D eigenvalue weighted by atomic mass is 16.2. The number of hydrogen-bond donors (Lipinski definition) is 1. The molecule has 1 rings (SSSR count). The van der Waals surface area contributed by atoms with Crippen LogP contribution in [0.2, 0.25) is 0 Å². The Morgan fingerprint density at radius 2 is 2.20 bits per heavy atom. The van der Waals surface area contributed by atoms with Crippen molar-refractivity contribution in [3.8, 4) is 0 Å². The summed E-state index contributed by atoms with van der Waals surface area (Å²) in [5.41, 5.74) is 0.189. The van der Waals surface area contributed by atoms with Crippen molar-refractivity contribution in [2.24, 2.45) is 5.41 Å². The van der Waals surface area contributed by atoms with Crippen LogP contribution >= 0.6 is 0 Å². The third-order valence-corrected chi connectivity index (χ3v) is 2.97. The predicted octanol–water partition coefficient (Wildman–Crippen LogP) is 1.63. The molecule has 0 aliphatic carbocycles. The molecule has 1 aliphatic rings. The van der Waals surface area contributed by atoms with Gasteiger partial charge in [-0.15, -0.1) is 0 Å². The lowest BCUT2D eigenvalue weighted by Gasteiger charge is -2.29. The molecule has 1 amide bonds. The Bertz CT molecular complexity index is 226. The van der Waals surface area contributed by atoms with E-state index in [2.05, 4.69) is 26.1 Å². The van der Waals surface area contributed by atoms with E-state index in [1.165, 1.54) is 0 Å². The molecule has 15 heavy (non-hydrogen) atoms. The van der Waals surface area contributed by atoms with Crippen LogP contribution in [-0.2, 0) is 4.79 Å². The number of unbranched alkanes of at least 4 members (excludes halogenated alkanes) is 1. The molecule has 0 radical (unpaired) electrons. The Balaban J connectivity index is 2.67. The zero-order chi connectivity index (χ0) is 11.5. The van der Waals surface area contributed by atoms with Gasteiger partial charge in [0.25, 0.3) is 0 Å². The number of nitrogens with one attached hydrogen (secondary N) is 1. The predicted molar refractivity (Wildman–Crippen MR) is 62.7 cm³/mol. The highest BCUT2D eigenvalue weighted by Crippen LogP contribution is 2.20. The van der Waals surface area contributed by atoms with Crippen LogP contribution in [0.1, 0.15) is 40.5 Å². The first-order valence-electron chi connectivity index (χ1n) is 5.98. The quantitative estimate of drug-likeness (QED) is 0.771. The number of amides is 1. The molecule has 0 saturated carbocycles. The van der Waals surface area contributed by atoms with Crippen molar-refractivity contribution in [3.63, 3.8) is 0 Å². The molecule has 1 atom stereocenters. The second-order valence-electron chi connectivity index (χ2n) is 5.38. The number of nitrogens with zero attached hydrogens (tertiary/aromatic N) is 1. The molecule has 0 spiro atoms. The maximum atomic E-state index is 12.0. The third-order valence-electron chi connectivity index (χ3n) is 2.97. The van der Waals surface area contributed by atoms with E-state index in [-0.39, 0.29) is 17.4 Å². The zero-order valence-electron chi connectivity index (χ0n) is 10.5. The van der Waals surface area contributed by atoms with E-state index in [4.69, 9.17) is 0 Å². The van der Waals surface area contributed by atoms with Crippen molar-refractivity contribution in [1.29, 1.82) is 0 Å². The Kier molecular flexibility index (Phi) is 4.14. The fourth-order valence-electron chi connectivity index (χ4n) is 1.98. The molecule has 88 valence electrons. The van der Waals surface area contributed by atoms with Gasteiger partial charge in [-0.2, -0.15) is 0 Å². The molecule has 0 bridgehead atoms. The summed E-state index contributed by atoms with van der Waals surface area (Å²) in [6, 6.07) is -0.0244. The maximum absolute atomic E-state index is 12.0. The molecule has 0 aromatic carbocycles. The lowest BCUT2D eigenvalue weighted by atomic mass is 9.93. The normalized spacial score (nSPS) is 26.5. The molecular weight excluding hydrogens is 188 g/mol. The van der Waals surface area contributed by atoms with E-state index >= 15 is 0 Å². The number of hydrogen-bond acceptors (Lipinski definition) is 2. The van der Waals surface area contributed by atoms with E-state index in [0.717, 1.165) is 32.5 Å². The monoisotopic (exact) mass is 212 g/mol. The topological polar surface area (TPSA) is 32.3 Å². The standard InChI is InChI=1S/C12H24N2O/c1-5-6-7-14-9-12(3,4)8-13-10(2)11(14)15/h10,13H,5-9H2,1-4H3. The van der Waals surface area contributed by atoms with Crippen molar-refractivity contribution in [2.45, 2.75) is 46.6 Å². The fraction of sp³-hybridized carbons (Fsp3) is 0.917. The maximum Gasteiger partial charge on any atom is 0.239 e. The van der Waals surface area contributed by atoms with Crippen molar-refractivity contribution in [3.05, 3.63) is 0 Å². The minimum atomic E-state index is -0.0244.